The van der Waals surface area contributed by atoms with Crippen molar-refractivity contribution in [2.75, 3.05) is 5.32 Å². The van der Waals surface area contributed by atoms with Crippen LogP contribution in [0.1, 0.15) is 29.3 Å². The van der Waals surface area contributed by atoms with Crippen molar-refractivity contribution in [3.8, 4) is 5.75 Å². The number of aryl methyl sites for hydroxylation is 1. The molecule has 0 saturated heterocycles. The summed E-state index contributed by atoms with van der Waals surface area (Å²) in [5.41, 5.74) is 2.21. The minimum absolute atomic E-state index is 0.0439. The molecule has 3 rings (SSSR count). The molecule has 0 saturated carbocycles. The fourth-order valence-electron chi connectivity index (χ4n) is 2.62. The zero-order valence-electron chi connectivity index (χ0n) is 11.9. The van der Waals surface area contributed by atoms with Crippen molar-refractivity contribution < 1.29 is 9.90 Å². The monoisotopic (exact) mass is 282 g/mol. The predicted octanol–water partition coefficient (Wildman–Crippen LogP) is 2.90. The van der Waals surface area contributed by atoms with Gasteiger partial charge in [-0.1, -0.05) is 24.3 Å². The molecule has 0 radical (unpaired) electrons. The summed E-state index contributed by atoms with van der Waals surface area (Å²) in [6.07, 6.45) is 1.57. The largest absolute Gasteiger partial charge is 0.508 e. The number of carbonyl (C=O) groups excluding carboxylic acids is 1. The van der Waals surface area contributed by atoms with E-state index in [0.717, 1.165) is 24.1 Å². The van der Waals surface area contributed by atoms with Crippen molar-refractivity contribution in [2.45, 2.75) is 25.4 Å². The highest BCUT2D eigenvalue weighted by Crippen LogP contribution is 2.27. The van der Waals surface area contributed by atoms with Gasteiger partial charge in [0.15, 0.2) is 0 Å². The van der Waals surface area contributed by atoms with E-state index in [1.807, 2.05) is 43.3 Å². The Morgan fingerprint density at radius 2 is 1.76 bits per heavy atom. The van der Waals surface area contributed by atoms with Crippen LogP contribution in [0.5, 0.6) is 5.75 Å². The molecule has 1 aliphatic heterocycles. The van der Waals surface area contributed by atoms with Crippen molar-refractivity contribution >= 4 is 11.6 Å². The van der Waals surface area contributed by atoms with Crippen LogP contribution in [0.2, 0.25) is 0 Å². The average molecular weight is 282 g/mol. The molecule has 0 aromatic heterocycles. The van der Waals surface area contributed by atoms with Gasteiger partial charge >= 0.3 is 0 Å². The standard InChI is InChI=1S/C17H18N2O2/c1-17(11-10-12-6-8-13(20)9-7-12)18-15-5-3-2-4-14(15)16(21)19-17/h2-9,18,20H,10-11H2,1H3,(H,19,21)/t17-/m1/s1. The third-order valence-corrected chi connectivity index (χ3v) is 3.82. The summed E-state index contributed by atoms with van der Waals surface area (Å²) in [4.78, 5) is 12.2. The van der Waals surface area contributed by atoms with Crippen LogP contribution in [0.4, 0.5) is 5.69 Å². The summed E-state index contributed by atoms with van der Waals surface area (Å²) in [5.74, 6) is 0.223. The quantitative estimate of drug-likeness (QED) is 0.811. The summed E-state index contributed by atoms with van der Waals surface area (Å²) in [5, 5.41) is 15.7. The van der Waals surface area contributed by atoms with E-state index in [4.69, 9.17) is 0 Å². The molecule has 2 aromatic carbocycles. The first-order valence-electron chi connectivity index (χ1n) is 7.03. The fourth-order valence-corrected chi connectivity index (χ4v) is 2.62. The van der Waals surface area contributed by atoms with E-state index in [9.17, 15) is 9.90 Å². The number of anilines is 1. The lowest BCUT2D eigenvalue weighted by atomic mass is 9.97. The molecule has 4 nitrogen and oxygen atoms in total. The molecule has 0 unspecified atom stereocenters. The maximum atomic E-state index is 12.2. The number of phenolic OH excluding ortho intramolecular Hbond substituents is 1. The summed E-state index contributed by atoms with van der Waals surface area (Å²) in [7, 11) is 0. The highest BCUT2D eigenvalue weighted by Gasteiger charge is 2.32. The molecule has 1 atom stereocenters. The van der Waals surface area contributed by atoms with Gasteiger partial charge in [0.05, 0.1) is 5.56 Å². The van der Waals surface area contributed by atoms with Crippen molar-refractivity contribution in [2.24, 2.45) is 0 Å². The molecule has 21 heavy (non-hydrogen) atoms. The van der Waals surface area contributed by atoms with Gasteiger partial charge < -0.3 is 15.7 Å². The summed E-state index contributed by atoms with van der Waals surface area (Å²) >= 11 is 0. The molecule has 0 bridgehead atoms. The second-order valence-corrected chi connectivity index (χ2v) is 5.62. The van der Waals surface area contributed by atoms with Crippen molar-refractivity contribution in [3.63, 3.8) is 0 Å². The zero-order valence-corrected chi connectivity index (χ0v) is 11.9. The summed E-state index contributed by atoms with van der Waals surface area (Å²) < 4.78 is 0. The van der Waals surface area contributed by atoms with Crippen LogP contribution in [-0.4, -0.2) is 16.7 Å². The molecule has 1 amide bonds. The van der Waals surface area contributed by atoms with Crippen LogP contribution in [-0.2, 0) is 6.42 Å². The lowest BCUT2D eigenvalue weighted by Crippen LogP contribution is -2.55. The number of benzene rings is 2. The Hall–Kier alpha value is -2.49. The zero-order chi connectivity index (χ0) is 14.9. The number of nitrogens with one attached hydrogen (secondary N) is 2. The minimum atomic E-state index is -0.469. The number of phenols is 1. The smallest absolute Gasteiger partial charge is 0.255 e. The Balaban J connectivity index is 1.74. The maximum Gasteiger partial charge on any atom is 0.255 e. The number of hydrogen-bond donors (Lipinski definition) is 3. The lowest BCUT2D eigenvalue weighted by Gasteiger charge is -2.37. The number of rotatable bonds is 3. The van der Waals surface area contributed by atoms with Gasteiger partial charge in [-0.2, -0.15) is 0 Å². The van der Waals surface area contributed by atoms with Gasteiger partial charge in [-0.25, -0.2) is 0 Å². The second-order valence-electron chi connectivity index (χ2n) is 5.62. The molecular weight excluding hydrogens is 264 g/mol. The van der Waals surface area contributed by atoms with Crippen molar-refractivity contribution in [1.29, 1.82) is 0 Å². The Kier molecular flexibility index (Phi) is 3.29. The molecule has 1 heterocycles. The molecule has 0 aliphatic carbocycles. The van der Waals surface area contributed by atoms with Gasteiger partial charge in [-0.05, 0) is 49.6 Å². The topological polar surface area (TPSA) is 61.4 Å². The number of para-hydroxylation sites is 1. The van der Waals surface area contributed by atoms with Crippen LogP contribution >= 0.6 is 0 Å². The molecular formula is C17H18N2O2. The van der Waals surface area contributed by atoms with E-state index in [1.54, 1.807) is 12.1 Å². The van der Waals surface area contributed by atoms with Gasteiger partial charge in [-0.15, -0.1) is 0 Å². The average Bonchev–Trinajstić information content (AvgIpc) is 2.47. The van der Waals surface area contributed by atoms with E-state index in [0.29, 0.717) is 5.56 Å². The van der Waals surface area contributed by atoms with E-state index in [2.05, 4.69) is 10.6 Å². The van der Waals surface area contributed by atoms with Gasteiger partial charge in [0, 0.05) is 5.69 Å². The highest BCUT2D eigenvalue weighted by atomic mass is 16.3. The Labute approximate surface area is 123 Å². The second kappa shape index (κ2) is 5.13. The van der Waals surface area contributed by atoms with Gasteiger partial charge in [0.1, 0.15) is 11.4 Å². The number of fused-ring (bicyclic) bond motifs is 1. The normalized spacial score (nSPS) is 20.3. The molecule has 4 heteroatoms. The number of aromatic hydroxyl groups is 1. The van der Waals surface area contributed by atoms with E-state index >= 15 is 0 Å². The van der Waals surface area contributed by atoms with Gasteiger partial charge in [-0.3, -0.25) is 4.79 Å². The third kappa shape index (κ3) is 2.84. The summed E-state index contributed by atoms with van der Waals surface area (Å²) in [6, 6.07) is 14.7. The number of hydrogen-bond acceptors (Lipinski definition) is 3. The maximum absolute atomic E-state index is 12.2. The van der Waals surface area contributed by atoms with E-state index in [1.165, 1.54) is 0 Å². The fraction of sp³-hybridized carbons (Fsp3) is 0.235. The molecule has 3 N–H and O–H groups in total. The van der Waals surface area contributed by atoms with Crippen LogP contribution in [0.3, 0.4) is 0 Å². The first kappa shape index (κ1) is 13.5. The Morgan fingerprint density at radius 3 is 2.52 bits per heavy atom. The molecule has 108 valence electrons. The van der Waals surface area contributed by atoms with E-state index in [-0.39, 0.29) is 11.7 Å². The lowest BCUT2D eigenvalue weighted by molar-refractivity contribution is 0.0903. The minimum Gasteiger partial charge on any atom is -0.508 e. The molecule has 1 aliphatic rings. The molecule has 2 aromatic rings. The van der Waals surface area contributed by atoms with Crippen LogP contribution in [0.25, 0.3) is 0 Å². The van der Waals surface area contributed by atoms with Gasteiger partial charge in [0.2, 0.25) is 0 Å². The van der Waals surface area contributed by atoms with Crippen LogP contribution in [0.15, 0.2) is 48.5 Å². The first-order chi connectivity index (χ1) is 10.1. The third-order valence-electron chi connectivity index (χ3n) is 3.82. The molecule has 0 spiro atoms. The Morgan fingerprint density at radius 1 is 1.05 bits per heavy atom. The predicted molar refractivity (Wildman–Crippen MR) is 82.4 cm³/mol. The summed E-state index contributed by atoms with van der Waals surface area (Å²) in [6.45, 7) is 1.99. The Bertz CT molecular complexity index is 667. The van der Waals surface area contributed by atoms with E-state index < -0.39 is 5.66 Å². The molecule has 0 fully saturated rings. The van der Waals surface area contributed by atoms with Gasteiger partial charge in [0.25, 0.3) is 5.91 Å². The number of amides is 1. The first-order valence-corrected chi connectivity index (χ1v) is 7.03. The van der Waals surface area contributed by atoms with Crippen molar-refractivity contribution in [3.05, 3.63) is 59.7 Å². The number of carbonyl (C=O) groups is 1. The van der Waals surface area contributed by atoms with Crippen LogP contribution in [0, 0.1) is 0 Å². The van der Waals surface area contributed by atoms with Crippen molar-refractivity contribution in [1.82, 2.24) is 5.32 Å². The van der Waals surface area contributed by atoms with Crippen LogP contribution < -0.4 is 10.6 Å². The highest BCUT2D eigenvalue weighted by molar-refractivity contribution is 6.02. The SMILES string of the molecule is C[C@]1(CCc2ccc(O)cc2)NC(=O)c2ccccc2N1.